The number of aliphatic hydroxyl groups excluding tert-OH is 1. The molecule has 1 unspecified atom stereocenters. The Morgan fingerprint density at radius 2 is 2.41 bits per heavy atom. The van der Waals surface area contributed by atoms with Crippen molar-refractivity contribution in [2.24, 2.45) is 5.92 Å². The summed E-state index contributed by atoms with van der Waals surface area (Å²) in [6.07, 6.45) is 1.57. The molecule has 2 aromatic rings. The van der Waals surface area contributed by atoms with E-state index < -0.39 is 0 Å². The van der Waals surface area contributed by atoms with Gasteiger partial charge in [-0.15, -0.1) is 0 Å². The van der Waals surface area contributed by atoms with Crippen molar-refractivity contribution in [3.63, 3.8) is 0 Å². The van der Waals surface area contributed by atoms with Crippen LogP contribution in [0, 0.1) is 5.92 Å². The summed E-state index contributed by atoms with van der Waals surface area (Å²) in [5.74, 6) is 3.47. The topological polar surface area (TPSA) is 72.3 Å². The highest BCUT2D eigenvalue weighted by Crippen LogP contribution is 2.19. The lowest BCUT2D eigenvalue weighted by molar-refractivity contribution is 0.250. The standard InChI is InChI=1S/C11H14N2O3S/c1-8(5-14)6-17-7-10-12-11(16-13-10)9-3-2-4-15-9/h2-4,8,14H,5-7H2,1H3. The van der Waals surface area contributed by atoms with Gasteiger partial charge in [-0.1, -0.05) is 12.1 Å². The minimum atomic E-state index is 0.205. The average Bonchev–Trinajstić information content (AvgIpc) is 2.98. The van der Waals surface area contributed by atoms with Gasteiger partial charge in [0.1, 0.15) is 0 Å². The summed E-state index contributed by atoms with van der Waals surface area (Å²) in [6, 6.07) is 3.55. The number of furan rings is 1. The van der Waals surface area contributed by atoms with Crippen LogP contribution in [0.1, 0.15) is 12.7 Å². The van der Waals surface area contributed by atoms with Crippen molar-refractivity contribution in [3.05, 3.63) is 24.2 Å². The molecule has 5 nitrogen and oxygen atoms in total. The zero-order valence-corrected chi connectivity index (χ0v) is 10.3. The van der Waals surface area contributed by atoms with Crippen LogP contribution >= 0.6 is 11.8 Å². The van der Waals surface area contributed by atoms with E-state index in [9.17, 15) is 0 Å². The van der Waals surface area contributed by atoms with Gasteiger partial charge in [0.25, 0.3) is 5.89 Å². The molecule has 0 aliphatic heterocycles. The monoisotopic (exact) mass is 254 g/mol. The summed E-state index contributed by atoms with van der Waals surface area (Å²) < 4.78 is 10.2. The number of aromatic nitrogens is 2. The van der Waals surface area contributed by atoms with Crippen LogP contribution in [0.15, 0.2) is 27.3 Å². The predicted octanol–water partition coefficient (Wildman–Crippen LogP) is 2.19. The largest absolute Gasteiger partial charge is 0.459 e. The van der Waals surface area contributed by atoms with Gasteiger partial charge in [0.05, 0.1) is 12.0 Å². The van der Waals surface area contributed by atoms with Crippen LogP contribution in [-0.2, 0) is 5.75 Å². The van der Waals surface area contributed by atoms with E-state index in [2.05, 4.69) is 10.1 Å². The Kier molecular flexibility index (Phi) is 4.22. The minimum Gasteiger partial charge on any atom is -0.459 e. The second-order valence-corrected chi connectivity index (χ2v) is 4.83. The number of thioether (sulfide) groups is 1. The Morgan fingerprint density at radius 3 is 3.12 bits per heavy atom. The molecule has 0 bridgehead atoms. The normalized spacial score (nSPS) is 12.8. The molecule has 2 rings (SSSR count). The molecule has 92 valence electrons. The Morgan fingerprint density at radius 1 is 1.53 bits per heavy atom. The summed E-state index contributed by atoms with van der Waals surface area (Å²) in [4.78, 5) is 4.22. The third-order valence-electron chi connectivity index (χ3n) is 2.15. The first-order valence-corrected chi connectivity index (χ1v) is 6.50. The minimum absolute atomic E-state index is 0.205. The van der Waals surface area contributed by atoms with E-state index >= 15 is 0 Å². The van der Waals surface area contributed by atoms with E-state index in [1.54, 1.807) is 30.2 Å². The van der Waals surface area contributed by atoms with Crippen molar-refractivity contribution in [1.29, 1.82) is 0 Å². The van der Waals surface area contributed by atoms with Crippen LogP contribution < -0.4 is 0 Å². The van der Waals surface area contributed by atoms with Crippen LogP contribution in [-0.4, -0.2) is 27.6 Å². The summed E-state index contributed by atoms with van der Waals surface area (Å²) in [6.45, 7) is 2.20. The van der Waals surface area contributed by atoms with Crippen LogP contribution in [0.2, 0.25) is 0 Å². The summed E-state index contributed by atoms with van der Waals surface area (Å²) >= 11 is 1.67. The number of nitrogens with zero attached hydrogens (tertiary/aromatic N) is 2. The van der Waals surface area contributed by atoms with Crippen molar-refractivity contribution in [1.82, 2.24) is 10.1 Å². The van der Waals surface area contributed by atoms with Crippen molar-refractivity contribution < 1.29 is 14.0 Å². The number of hydrogen-bond donors (Lipinski definition) is 1. The number of aliphatic hydroxyl groups is 1. The summed E-state index contributed by atoms with van der Waals surface area (Å²) in [5.41, 5.74) is 0. The highest BCUT2D eigenvalue weighted by atomic mass is 32.2. The second kappa shape index (κ2) is 5.88. The molecular weight excluding hydrogens is 240 g/mol. The van der Waals surface area contributed by atoms with Gasteiger partial charge in [-0.2, -0.15) is 16.7 Å². The molecule has 1 N–H and O–H groups in total. The molecule has 17 heavy (non-hydrogen) atoms. The van der Waals surface area contributed by atoms with Gasteiger partial charge in [0, 0.05) is 6.61 Å². The highest BCUT2D eigenvalue weighted by Gasteiger charge is 2.11. The van der Waals surface area contributed by atoms with Gasteiger partial charge >= 0.3 is 0 Å². The molecule has 0 aromatic carbocycles. The van der Waals surface area contributed by atoms with Gasteiger partial charge in [-0.25, -0.2) is 0 Å². The van der Waals surface area contributed by atoms with E-state index in [4.69, 9.17) is 14.0 Å². The fourth-order valence-corrected chi connectivity index (χ4v) is 2.14. The van der Waals surface area contributed by atoms with Gasteiger partial charge in [0.15, 0.2) is 11.6 Å². The molecule has 0 aliphatic rings. The lowest BCUT2D eigenvalue weighted by atomic mass is 10.2. The van der Waals surface area contributed by atoms with Crippen LogP contribution in [0.3, 0.4) is 0 Å². The maximum atomic E-state index is 8.89. The molecule has 0 amide bonds. The first kappa shape index (κ1) is 12.2. The fourth-order valence-electron chi connectivity index (χ4n) is 1.22. The van der Waals surface area contributed by atoms with Crippen molar-refractivity contribution in [3.8, 4) is 11.7 Å². The molecule has 0 radical (unpaired) electrons. The molecule has 0 spiro atoms. The van der Waals surface area contributed by atoms with E-state index in [0.29, 0.717) is 23.2 Å². The lowest BCUT2D eigenvalue weighted by Gasteiger charge is -2.04. The zero-order valence-electron chi connectivity index (χ0n) is 9.50. The van der Waals surface area contributed by atoms with E-state index in [-0.39, 0.29) is 12.5 Å². The average molecular weight is 254 g/mol. The number of rotatable bonds is 6. The maximum Gasteiger partial charge on any atom is 0.293 e. The molecule has 0 saturated heterocycles. The van der Waals surface area contributed by atoms with Gasteiger partial charge in [0.2, 0.25) is 0 Å². The van der Waals surface area contributed by atoms with Crippen molar-refractivity contribution in [2.45, 2.75) is 12.7 Å². The first-order valence-electron chi connectivity index (χ1n) is 5.34. The van der Waals surface area contributed by atoms with Crippen LogP contribution in [0.25, 0.3) is 11.7 Å². The highest BCUT2D eigenvalue weighted by molar-refractivity contribution is 7.98. The van der Waals surface area contributed by atoms with Crippen molar-refractivity contribution >= 4 is 11.8 Å². The molecule has 0 saturated carbocycles. The summed E-state index contributed by atoms with van der Waals surface area (Å²) in [5, 5.41) is 12.8. The summed E-state index contributed by atoms with van der Waals surface area (Å²) in [7, 11) is 0. The first-order chi connectivity index (χ1) is 8.29. The quantitative estimate of drug-likeness (QED) is 0.852. The van der Waals surface area contributed by atoms with Crippen LogP contribution in [0.5, 0.6) is 0 Å². The van der Waals surface area contributed by atoms with Crippen molar-refractivity contribution in [2.75, 3.05) is 12.4 Å². The fraction of sp³-hybridized carbons (Fsp3) is 0.455. The van der Waals surface area contributed by atoms with Gasteiger partial charge in [-0.05, 0) is 23.8 Å². The van der Waals surface area contributed by atoms with E-state index in [1.165, 1.54) is 0 Å². The second-order valence-electron chi connectivity index (χ2n) is 3.80. The third-order valence-corrected chi connectivity index (χ3v) is 3.41. The molecule has 6 heteroatoms. The SMILES string of the molecule is CC(CO)CSCc1noc(-c2ccco2)n1. The van der Waals surface area contributed by atoms with Crippen LogP contribution in [0.4, 0.5) is 0 Å². The molecule has 2 heterocycles. The molecule has 2 aromatic heterocycles. The van der Waals surface area contributed by atoms with Gasteiger partial charge in [-0.3, -0.25) is 0 Å². The van der Waals surface area contributed by atoms with E-state index in [1.807, 2.05) is 6.92 Å². The smallest absolute Gasteiger partial charge is 0.293 e. The Bertz CT molecular complexity index is 441. The third kappa shape index (κ3) is 3.34. The van der Waals surface area contributed by atoms with E-state index in [0.717, 1.165) is 5.75 Å². The predicted molar refractivity (Wildman–Crippen MR) is 64.4 cm³/mol. The molecule has 1 atom stereocenters. The Balaban J connectivity index is 1.87. The molecular formula is C11H14N2O3S. The Labute approximate surface area is 103 Å². The molecule has 0 fully saturated rings. The Hall–Kier alpha value is -1.27. The molecule has 0 aliphatic carbocycles. The number of hydrogen-bond acceptors (Lipinski definition) is 6. The maximum absolute atomic E-state index is 8.89. The lowest BCUT2D eigenvalue weighted by Crippen LogP contribution is -2.03. The zero-order chi connectivity index (χ0) is 12.1. The van der Waals surface area contributed by atoms with Gasteiger partial charge < -0.3 is 14.0 Å².